The molecule has 0 aliphatic rings. The summed E-state index contributed by atoms with van der Waals surface area (Å²) in [5.74, 6) is -2.73. The zero-order valence-corrected chi connectivity index (χ0v) is 6.89. The molecule has 1 aromatic carbocycles. The molecule has 0 unspecified atom stereocenters. The lowest BCUT2D eigenvalue weighted by Crippen LogP contribution is -2.09. The van der Waals surface area contributed by atoms with Crippen molar-refractivity contribution < 1.29 is 22.0 Å². The molecule has 0 aliphatic heterocycles. The molecular weight excluding hydrogens is 211 g/mol. The van der Waals surface area contributed by atoms with Gasteiger partial charge in [0.2, 0.25) is 0 Å². The summed E-state index contributed by atoms with van der Waals surface area (Å²) in [5, 5.41) is 0. The minimum atomic E-state index is -4.90. The number of benzene rings is 1. The molecule has 0 heterocycles. The Kier molecular flexibility index (Phi) is 2.51. The summed E-state index contributed by atoms with van der Waals surface area (Å²) in [6, 6.07) is 0.669. The first-order valence-electron chi connectivity index (χ1n) is 3.07. The Hall–Kier alpha value is -0.780. The van der Waals surface area contributed by atoms with Crippen LogP contribution < -0.4 is 0 Å². The number of hydrogen-bond donors (Lipinski definition) is 1. The number of hydrogen-bond acceptors (Lipinski definition) is 1. The van der Waals surface area contributed by atoms with Gasteiger partial charge in [0, 0.05) is 4.90 Å². The van der Waals surface area contributed by atoms with Crippen molar-refractivity contribution >= 4 is 12.6 Å². The van der Waals surface area contributed by atoms with E-state index in [-0.39, 0.29) is 6.07 Å². The van der Waals surface area contributed by atoms with Gasteiger partial charge in [0.1, 0.15) is 11.6 Å². The Morgan fingerprint density at radius 3 is 2.08 bits per heavy atom. The highest BCUT2D eigenvalue weighted by molar-refractivity contribution is 7.80. The van der Waals surface area contributed by atoms with Gasteiger partial charge in [-0.15, -0.1) is 12.6 Å². The molecule has 0 spiro atoms. The monoisotopic (exact) mass is 214 g/mol. The van der Waals surface area contributed by atoms with E-state index in [1.165, 1.54) is 0 Å². The van der Waals surface area contributed by atoms with E-state index in [0.29, 0.717) is 6.07 Å². The zero-order chi connectivity index (χ0) is 10.2. The molecule has 1 rings (SSSR count). The number of thiol groups is 1. The predicted octanol–water partition coefficient (Wildman–Crippen LogP) is 3.27. The van der Waals surface area contributed by atoms with Crippen LogP contribution in [0.3, 0.4) is 0 Å². The van der Waals surface area contributed by atoms with Crippen molar-refractivity contribution in [3.05, 3.63) is 29.3 Å². The van der Waals surface area contributed by atoms with E-state index >= 15 is 0 Å². The van der Waals surface area contributed by atoms with Gasteiger partial charge in [0.05, 0.1) is 5.56 Å². The lowest BCUT2D eigenvalue weighted by atomic mass is 10.2. The van der Waals surface area contributed by atoms with E-state index in [4.69, 9.17) is 0 Å². The Labute approximate surface area is 75.8 Å². The van der Waals surface area contributed by atoms with Gasteiger partial charge in [-0.2, -0.15) is 13.2 Å². The summed E-state index contributed by atoms with van der Waals surface area (Å²) in [6.07, 6.45) is -4.90. The maximum atomic E-state index is 12.7. The number of alkyl halides is 3. The first-order valence-corrected chi connectivity index (χ1v) is 3.52. The van der Waals surface area contributed by atoms with Crippen LogP contribution in [-0.4, -0.2) is 0 Å². The smallest absolute Gasteiger partial charge is 0.207 e. The van der Waals surface area contributed by atoms with Crippen molar-refractivity contribution in [1.82, 2.24) is 0 Å². The van der Waals surface area contributed by atoms with Crippen LogP contribution in [0.15, 0.2) is 17.0 Å². The van der Waals surface area contributed by atoms with Gasteiger partial charge in [-0.05, 0) is 12.1 Å². The molecule has 0 N–H and O–H groups in total. The summed E-state index contributed by atoms with van der Waals surface area (Å²) in [5.41, 5.74) is -1.64. The van der Waals surface area contributed by atoms with Crippen molar-refractivity contribution in [2.45, 2.75) is 11.1 Å². The van der Waals surface area contributed by atoms with Gasteiger partial charge in [0.15, 0.2) is 0 Å². The lowest BCUT2D eigenvalue weighted by Gasteiger charge is -2.08. The molecule has 6 heteroatoms. The molecule has 0 aliphatic carbocycles. The van der Waals surface area contributed by atoms with Gasteiger partial charge in [-0.25, -0.2) is 8.78 Å². The largest absolute Gasteiger partial charge is 0.419 e. The van der Waals surface area contributed by atoms with Gasteiger partial charge >= 0.3 is 6.18 Å². The summed E-state index contributed by atoms with van der Waals surface area (Å²) < 4.78 is 61.0. The molecule has 1 aromatic rings. The fourth-order valence-electron chi connectivity index (χ4n) is 0.781. The summed E-state index contributed by atoms with van der Waals surface area (Å²) in [4.78, 5) is -0.660. The molecule has 0 fully saturated rings. The molecule has 0 radical (unpaired) electrons. The van der Waals surface area contributed by atoms with E-state index in [9.17, 15) is 22.0 Å². The van der Waals surface area contributed by atoms with Crippen LogP contribution in [0.1, 0.15) is 5.56 Å². The van der Waals surface area contributed by atoms with E-state index in [1.54, 1.807) is 0 Å². The van der Waals surface area contributed by atoms with Gasteiger partial charge in [0.25, 0.3) is 0 Å². The van der Waals surface area contributed by atoms with E-state index in [2.05, 4.69) is 12.6 Å². The molecule has 0 saturated heterocycles. The molecule has 0 nitrogen and oxygen atoms in total. The topological polar surface area (TPSA) is 0 Å². The summed E-state index contributed by atoms with van der Waals surface area (Å²) >= 11 is 3.35. The number of halogens is 5. The third-order valence-electron chi connectivity index (χ3n) is 1.32. The fraction of sp³-hybridized carbons (Fsp3) is 0.143. The molecule has 0 saturated carbocycles. The molecule has 0 bridgehead atoms. The lowest BCUT2D eigenvalue weighted by molar-refractivity contribution is -0.140. The predicted molar refractivity (Wildman–Crippen MR) is 38.6 cm³/mol. The van der Waals surface area contributed by atoms with Crippen LogP contribution in [0.25, 0.3) is 0 Å². The Balaban J connectivity index is 3.37. The molecule has 72 valence electrons. The average molecular weight is 214 g/mol. The Morgan fingerprint density at radius 1 is 1.08 bits per heavy atom. The highest BCUT2D eigenvalue weighted by Gasteiger charge is 2.35. The van der Waals surface area contributed by atoms with Gasteiger partial charge in [-0.1, -0.05) is 0 Å². The first-order chi connectivity index (χ1) is 5.82. The Morgan fingerprint density at radius 2 is 1.62 bits per heavy atom. The quantitative estimate of drug-likeness (QED) is 0.497. The zero-order valence-electron chi connectivity index (χ0n) is 5.99. The molecule has 0 atom stereocenters. The van der Waals surface area contributed by atoms with E-state index < -0.39 is 28.3 Å². The van der Waals surface area contributed by atoms with Crippen LogP contribution in [0.5, 0.6) is 0 Å². The van der Waals surface area contributed by atoms with E-state index in [0.717, 1.165) is 0 Å². The second kappa shape index (κ2) is 3.17. The van der Waals surface area contributed by atoms with E-state index in [1.807, 2.05) is 0 Å². The van der Waals surface area contributed by atoms with Crippen molar-refractivity contribution in [1.29, 1.82) is 0 Å². The van der Waals surface area contributed by atoms with Crippen molar-refractivity contribution in [3.63, 3.8) is 0 Å². The van der Waals surface area contributed by atoms with Crippen LogP contribution >= 0.6 is 12.6 Å². The third-order valence-corrected chi connectivity index (χ3v) is 1.65. The van der Waals surface area contributed by atoms with Crippen LogP contribution in [0.2, 0.25) is 0 Å². The second-order valence-corrected chi connectivity index (χ2v) is 2.77. The van der Waals surface area contributed by atoms with Crippen LogP contribution in [0, 0.1) is 11.6 Å². The minimum Gasteiger partial charge on any atom is -0.207 e. The standard InChI is InChI=1S/C7H3F5S/c8-3-1-4(7(10,11)12)6(9)5(13)2-3/h1-2,13H. The molecular formula is C7H3F5S. The number of rotatable bonds is 0. The summed E-state index contributed by atoms with van der Waals surface area (Å²) in [7, 11) is 0. The Bertz CT molecular complexity index is 330. The minimum absolute atomic E-state index is 0.0923. The van der Waals surface area contributed by atoms with Gasteiger partial charge in [-0.3, -0.25) is 0 Å². The fourth-order valence-corrected chi connectivity index (χ4v) is 1.02. The SMILES string of the molecule is Fc1cc(S)c(F)c(C(F)(F)F)c1. The van der Waals surface area contributed by atoms with Crippen molar-refractivity contribution in [2.75, 3.05) is 0 Å². The highest BCUT2D eigenvalue weighted by atomic mass is 32.1. The maximum Gasteiger partial charge on any atom is 0.419 e. The summed E-state index contributed by atoms with van der Waals surface area (Å²) in [6.45, 7) is 0. The van der Waals surface area contributed by atoms with Crippen molar-refractivity contribution in [2.24, 2.45) is 0 Å². The normalized spacial score (nSPS) is 11.8. The maximum absolute atomic E-state index is 12.7. The molecule has 0 aromatic heterocycles. The third kappa shape index (κ3) is 2.12. The van der Waals surface area contributed by atoms with Crippen LogP contribution in [-0.2, 0) is 6.18 Å². The van der Waals surface area contributed by atoms with Gasteiger partial charge < -0.3 is 0 Å². The molecule has 0 amide bonds. The average Bonchev–Trinajstić information content (AvgIpc) is 1.94. The molecule has 13 heavy (non-hydrogen) atoms. The highest BCUT2D eigenvalue weighted by Crippen LogP contribution is 2.33. The van der Waals surface area contributed by atoms with Crippen LogP contribution in [0.4, 0.5) is 22.0 Å². The second-order valence-electron chi connectivity index (χ2n) is 2.28. The van der Waals surface area contributed by atoms with Crippen molar-refractivity contribution in [3.8, 4) is 0 Å². The first kappa shape index (κ1) is 10.3.